The van der Waals surface area contributed by atoms with Crippen molar-refractivity contribution in [3.63, 3.8) is 0 Å². The highest BCUT2D eigenvalue weighted by Crippen LogP contribution is 2.23. The summed E-state index contributed by atoms with van der Waals surface area (Å²) in [5.74, 6) is -1.27. The SMILES string of the molecule is CN(N=Cc1ccc(Oc2ccc(F)c(F)c2)cc1)C(N)=O. The van der Waals surface area contributed by atoms with Crippen molar-refractivity contribution in [3.8, 4) is 11.5 Å². The Morgan fingerprint density at radius 1 is 1.14 bits per heavy atom. The molecule has 2 amide bonds. The molecule has 0 saturated heterocycles. The lowest BCUT2D eigenvalue weighted by Gasteiger charge is -2.07. The number of primary amides is 1. The highest BCUT2D eigenvalue weighted by molar-refractivity contribution is 5.81. The highest BCUT2D eigenvalue weighted by Gasteiger charge is 2.04. The van der Waals surface area contributed by atoms with Gasteiger partial charge in [-0.3, -0.25) is 0 Å². The molecule has 0 bridgehead atoms. The van der Waals surface area contributed by atoms with Crippen LogP contribution in [-0.2, 0) is 0 Å². The van der Waals surface area contributed by atoms with Gasteiger partial charge in [-0.1, -0.05) is 0 Å². The molecule has 22 heavy (non-hydrogen) atoms. The van der Waals surface area contributed by atoms with Gasteiger partial charge in [0.25, 0.3) is 0 Å². The first kappa shape index (κ1) is 15.4. The molecule has 0 radical (unpaired) electrons. The van der Waals surface area contributed by atoms with E-state index in [2.05, 4.69) is 5.10 Å². The number of carbonyl (C=O) groups excluding carboxylic acids is 1. The van der Waals surface area contributed by atoms with Crippen LogP contribution >= 0.6 is 0 Å². The van der Waals surface area contributed by atoms with Crippen molar-refractivity contribution >= 4 is 12.2 Å². The zero-order valence-electron chi connectivity index (χ0n) is 11.7. The summed E-state index contributed by atoms with van der Waals surface area (Å²) in [6, 6.07) is 9.25. The average Bonchev–Trinajstić information content (AvgIpc) is 2.50. The zero-order chi connectivity index (χ0) is 16.1. The molecule has 2 rings (SSSR count). The topological polar surface area (TPSA) is 67.9 Å². The molecule has 5 nitrogen and oxygen atoms in total. The summed E-state index contributed by atoms with van der Waals surface area (Å²) in [5.41, 5.74) is 5.74. The third kappa shape index (κ3) is 4.02. The fourth-order valence-corrected chi connectivity index (χ4v) is 1.51. The first-order valence-electron chi connectivity index (χ1n) is 6.26. The van der Waals surface area contributed by atoms with Crippen LogP contribution in [0, 0.1) is 11.6 Å². The molecule has 0 aliphatic heterocycles. The molecule has 0 spiro atoms. The van der Waals surface area contributed by atoms with Gasteiger partial charge in [0.2, 0.25) is 0 Å². The second kappa shape index (κ2) is 6.66. The largest absolute Gasteiger partial charge is 0.457 e. The van der Waals surface area contributed by atoms with Crippen LogP contribution in [0.3, 0.4) is 0 Å². The molecule has 0 fully saturated rings. The fourth-order valence-electron chi connectivity index (χ4n) is 1.51. The number of halogens is 2. The zero-order valence-corrected chi connectivity index (χ0v) is 11.7. The second-order valence-electron chi connectivity index (χ2n) is 4.35. The molecule has 114 valence electrons. The van der Waals surface area contributed by atoms with Crippen LogP contribution < -0.4 is 10.5 Å². The van der Waals surface area contributed by atoms with Gasteiger partial charge in [-0.2, -0.15) is 5.10 Å². The van der Waals surface area contributed by atoms with Crippen molar-refractivity contribution < 1.29 is 18.3 Å². The molecule has 2 aromatic rings. The van der Waals surface area contributed by atoms with E-state index in [1.807, 2.05) is 0 Å². The van der Waals surface area contributed by atoms with E-state index in [0.29, 0.717) is 11.3 Å². The summed E-state index contributed by atoms with van der Waals surface area (Å²) < 4.78 is 31.3. The van der Waals surface area contributed by atoms with E-state index < -0.39 is 17.7 Å². The normalized spacial score (nSPS) is 10.7. The number of urea groups is 1. The minimum atomic E-state index is -0.976. The minimum Gasteiger partial charge on any atom is -0.457 e. The first-order chi connectivity index (χ1) is 10.5. The molecular formula is C15H13F2N3O2. The van der Waals surface area contributed by atoms with E-state index in [1.54, 1.807) is 24.3 Å². The number of ether oxygens (including phenoxy) is 1. The predicted molar refractivity (Wildman–Crippen MR) is 77.8 cm³/mol. The van der Waals surface area contributed by atoms with Crippen molar-refractivity contribution in [1.82, 2.24) is 5.01 Å². The maximum absolute atomic E-state index is 13.1. The lowest BCUT2D eigenvalue weighted by atomic mass is 10.2. The predicted octanol–water partition coefficient (Wildman–Crippen LogP) is 3.10. The van der Waals surface area contributed by atoms with Crippen LogP contribution in [0.25, 0.3) is 0 Å². The van der Waals surface area contributed by atoms with Gasteiger partial charge in [0.1, 0.15) is 11.5 Å². The lowest BCUT2D eigenvalue weighted by molar-refractivity contribution is 0.220. The van der Waals surface area contributed by atoms with Crippen LogP contribution in [0.1, 0.15) is 5.56 Å². The Morgan fingerprint density at radius 3 is 2.36 bits per heavy atom. The minimum absolute atomic E-state index is 0.189. The van der Waals surface area contributed by atoms with Gasteiger partial charge >= 0.3 is 6.03 Å². The Morgan fingerprint density at radius 2 is 1.77 bits per heavy atom. The van der Waals surface area contributed by atoms with Gasteiger partial charge in [-0.15, -0.1) is 0 Å². The van der Waals surface area contributed by atoms with Gasteiger partial charge in [-0.05, 0) is 42.0 Å². The molecule has 0 aromatic heterocycles. The average molecular weight is 305 g/mol. The Balaban J connectivity index is 2.05. The summed E-state index contributed by atoms with van der Waals surface area (Å²) in [5, 5.41) is 4.82. The maximum atomic E-state index is 13.1. The molecular weight excluding hydrogens is 292 g/mol. The van der Waals surface area contributed by atoms with E-state index in [1.165, 1.54) is 19.3 Å². The first-order valence-corrected chi connectivity index (χ1v) is 6.26. The van der Waals surface area contributed by atoms with Crippen LogP contribution in [0.5, 0.6) is 11.5 Å². The molecule has 0 atom stereocenters. The van der Waals surface area contributed by atoms with Crippen molar-refractivity contribution in [2.24, 2.45) is 10.8 Å². The Kier molecular flexibility index (Phi) is 4.67. The van der Waals surface area contributed by atoms with E-state index in [4.69, 9.17) is 10.5 Å². The Bertz CT molecular complexity index is 702. The standard InChI is InChI=1S/C15H13F2N3O2/c1-20(15(18)21)19-9-10-2-4-11(5-3-10)22-12-6-7-13(16)14(17)8-12/h2-9H,1H3,(H2,18,21). The number of hydrogen-bond donors (Lipinski definition) is 1. The molecule has 0 aliphatic rings. The number of benzene rings is 2. The summed E-state index contributed by atoms with van der Waals surface area (Å²) in [6.45, 7) is 0. The van der Waals surface area contributed by atoms with Gasteiger partial charge in [0, 0.05) is 13.1 Å². The van der Waals surface area contributed by atoms with Gasteiger partial charge < -0.3 is 10.5 Å². The van der Waals surface area contributed by atoms with Crippen LogP contribution in [0.4, 0.5) is 13.6 Å². The summed E-state index contributed by atoms with van der Waals surface area (Å²) >= 11 is 0. The third-order valence-electron chi connectivity index (χ3n) is 2.71. The Labute approximate surface area is 125 Å². The van der Waals surface area contributed by atoms with E-state index in [9.17, 15) is 13.6 Å². The highest BCUT2D eigenvalue weighted by atomic mass is 19.2. The van der Waals surface area contributed by atoms with Gasteiger partial charge in [0.05, 0.1) is 6.21 Å². The summed E-state index contributed by atoms with van der Waals surface area (Å²) in [7, 11) is 1.43. The smallest absolute Gasteiger partial charge is 0.334 e. The van der Waals surface area contributed by atoms with Crippen molar-refractivity contribution in [2.75, 3.05) is 7.05 Å². The van der Waals surface area contributed by atoms with Crippen LogP contribution in [0.2, 0.25) is 0 Å². The Hall–Kier alpha value is -2.96. The molecule has 0 saturated carbocycles. The molecule has 7 heteroatoms. The van der Waals surface area contributed by atoms with E-state index >= 15 is 0 Å². The van der Waals surface area contributed by atoms with Crippen LogP contribution in [0.15, 0.2) is 47.6 Å². The number of hydrogen-bond acceptors (Lipinski definition) is 3. The van der Waals surface area contributed by atoms with Crippen LogP contribution in [-0.4, -0.2) is 24.3 Å². The second-order valence-corrected chi connectivity index (χ2v) is 4.35. The number of rotatable bonds is 4. The van der Waals surface area contributed by atoms with Gasteiger partial charge in [0.15, 0.2) is 11.6 Å². The third-order valence-corrected chi connectivity index (χ3v) is 2.71. The van der Waals surface area contributed by atoms with E-state index in [0.717, 1.165) is 17.1 Å². The molecule has 0 aliphatic carbocycles. The number of hydrazone groups is 1. The van der Waals surface area contributed by atoms with Crippen molar-refractivity contribution in [2.45, 2.75) is 0 Å². The lowest BCUT2D eigenvalue weighted by Crippen LogP contribution is -2.27. The van der Waals surface area contributed by atoms with E-state index in [-0.39, 0.29) is 5.75 Å². The summed E-state index contributed by atoms with van der Waals surface area (Å²) in [4.78, 5) is 10.8. The van der Waals surface area contributed by atoms with Crippen molar-refractivity contribution in [1.29, 1.82) is 0 Å². The monoisotopic (exact) mass is 305 g/mol. The number of carbonyl (C=O) groups is 1. The fraction of sp³-hybridized carbons (Fsp3) is 0.0667. The number of nitrogens with two attached hydrogens (primary N) is 1. The van der Waals surface area contributed by atoms with Gasteiger partial charge in [-0.25, -0.2) is 18.6 Å². The summed E-state index contributed by atoms with van der Waals surface area (Å²) in [6.07, 6.45) is 1.45. The molecule has 2 N–H and O–H groups in total. The quantitative estimate of drug-likeness (QED) is 0.696. The molecule has 0 heterocycles. The number of nitrogens with zero attached hydrogens (tertiary/aromatic N) is 2. The molecule has 0 unspecified atom stereocenters. The number of amides is 2. The molecule has 2 aromatic carbocycles. The van der Waals surface area contributed by atoms with Crippen molar-refractivity contribution in [3.05, 3.63) is 59.7 Å². The maximum Gasteiger partial charge on any atom is 0.334 e.